The summed E-state index contributed by atoms with van der Waals surface area (Å²) in [6.07, 6.45) is 0. The standard InChI is InChI=1S/C18H12ClN5O3S2/c19-11-7-6-10-13(20-8-12(25)26)14(28-17(10)21-11)15(27)22-18-24-23-16(29-18)9-4-2-1-3-5-9/h1-7,20H,8H2,(H,25,26)(H,22,24,27). The van der Waals surface area contributed by atoms with Crippen molar-refractivity contribution in [2.75, 3.05) is 17.2 Å². The molecule has 0 aliphatic heterocycles. The molecular formula is C18H12ClN5O3S2. The molecule has 0 saturated heterocycles. The summed E-state index contributed by atoms with van der Waals surface area (Å²) in [6.45, 7) is -0.342. The fourth-order valence-electron chi connectivity index (χ4n) is 2.58. The van der Waals surface area contributed by atoms with Crippen molar-refractivity contribution in [3.8, 4) is 10.6 Å². The molecule has 0 bridgehead atoms. The molecule has 0 atom stereocenters. The largest absolute Gasteiger partial charge is 0.480 e. The van der Waals surface area contributed by atoms with Crippen LogP contribution in [0.1, 0.15) is 9.67 Å². The van der Waals surface area contributed by atoms with Gasteiger partial charge in [0.1, 0.15) is 26.4 Å². The summed E-state index contributed by atoms with van der Waals surface area (Å²) in [5, 5.41) is 24.5. The van der Waals surface area contributed by atoms with E-state index in [1.807, 2.05) is 30.3 Å². The number of amides is 1. The van der Waals surface area contributed by atoms with Gasteiger partial charge in [-0.2, -0.15) is 0 Å². The predicted octanol–water partition coefficient (Wildman–Crippen LogP) is 4.22. The number of carboxylic acids is 1. The number of carboxylic acid groups (broad SMARTS) is 1. The van der Waals surface area contributed by atoms with Crippen LogP contribution in [0.3, 0.4) is 0 Å². The van der Waals surface area contributed by atoms with Gasteiger partial charge in [-0.25, -0.2) is 4.98 Å². The lowest BCUT2D eigenvalue weighted by molar-refractivity contribution is -0.134. The Balaban J connectivity index is 1.63. The van der Waals surface area contributed by atoms with E-state index < -0.39 is 11.9 Å². The average Bonchev–Trinajstić information content (AvgIpc) is 3.31. The number of anilines is 2. The summed E-state index contributed by atoms with van der Waals surface area (Å²) in [7, 11) is 0. The molecule has 146 valence electrons. The lowest BCUT2D eigenvalue weighted by atomic mass is 10.2. The van der Waals surface area contributed by atoms with Gasteiger partial charge in [0, 0.05) is 10.9 Å². The van der Waals surface area contributed by atoms with Crippen molar-refractivity contribution in [3.05, 3.63) is 52.5 Å². The Labute approximate surface area is 177 Å². The van der Waals surface area contributed by atoms with E-state index in [0.717, 1.165) is 16.9 Å². The summed E-state index contributed by atoms with van der Waals surface area (Å²) >= 11 is 8.30. The minimum atomic E-state index is -1.05. The maximum absolute atomic E-state index is 12.9. The molecule has 0 aliphatic rings. The van der Waals surface area contributed by atoms with E-state index in [1.54, 1.807) is 12.1 Å². The summed E-state index contributed by atoms with van der Waals surface area (Å²) < 4.78 is 0. The molecule has 0 fully saturated rings. The minimum Gasteiger partial charge on any atom is -0.480 e. The van der Waals surface area contributed by atoms with Gasteiger partial charge in [0.15, 0.2) is 0 Å². The van der Waals surface area contributed by atoms with E-state index in [0.29, 0.717) is 26.0 Å². The van der Waals surface area contributed by atoms with Crippen LogP contribution in [0, 0.1) is 0 Å². The Morgan fingerprint density at radius 2 is 1.86 bits per heavy atom. The van der Waals surface area contributed by atoms with Crippen molar-refractivity contribution in [1.82, 2.24) is 15.2 Å². The van der Waals surface area contributed by atoms with Crippen LogP contribution >= 0.6 is 34.3 Å². The topological polar surface area (TPSA) is 117 Å². The van der Waals surface area contributed by atoms with Crippen molar-refractivity contribution in [1.29, 1.82) is 0 Å². The molecular weight excluding hydrogens is 434 g/mol. The maximum atomic E-state index is 12.9. The molecule has 1 aromatic carbocycles. The van der Waals surface area contributed by atoms with Gasteiger partial charge in [-0.15, -0.1) is 21.5 Å². The molecule has 0 saturated carbocycles. The molecule has 0 aliphatic carbocycles. The second-order valence-corrected chi connectivity index (χ2v) is 8.14. The molecule has 4 aromatic rings. The van der Waals surface area contributed by atoms with Crippen LogP contribution in [-0.4, -0.2) is 38.7 Å². The highest BCUT2D eigenvalue weighted by Gasteiger charge is 2.21. The number of nitrogens with zero attached hydrogens (tertiary/aromatic N) is 3. The van der Waals surface area contributed by atoms with E-state index >= 15 is 0 Å². The molecule has 29 heavy (non-hydrogen) atoms. The number of hydrogen-bond acceptors (Lipinski definition) is 8. The fraction of sp³-hybridized carbons (Fsp3) is 0.0556. The highest BCUT2D eigenvalue weighted by molar-refractivity contribution is 7.21. The van der Waals surface area contributed by atoms with E-state index in [4.69, 9.17) is 16.7 Å². The normalized spacial score (nSPS) is 10.8. The van der Waals surface area contributed by atoms with Gasteiger partial charge >= 0.3 is 5.97 Å². The van der Waals surface area contributed by atoms with E-state index in [-0.39, 0.29) is 16.6 Å². The summed E-state index contributed by atoms with van der Waals surface area (Å²) in [6, 6.07) is 12.8. The predicted molar refractivity (Wildman–Crippen MR) is 114 cm³/mol. The summed E-state index contributed by atoms with van der Waals surface area (Å²) in [5.41, 5.74) is 1.29. The number of hydrogen-bond donors (Lipinski definition) is 3. The number of carbonyl (C=O) groups is 2. The molecule has 0 unspecified atom stereocenters. The van der Waals surface area contributed by atoms with Crippen LogP contribution in [0.15, 0.2) is 42.5 Å². The van der Waals surface area contributed by atoms with Crippen molar-refractivity contribution >= 4 is 67.2 Å². The van der Waals surface area contributed by atoms with Gasteiger partial charge in [-0.05, 0) is 12.1 Å². The fourth-order valence-corrected chi connectivity index (χ4v) is 4.57. The molecule has 4 rings (SSSR count). The summed E-state index contributed by atoms with van der Waals surface area (Å²) in [5.74, 6) is -1.48. The highest BCUT2D eigenvalue weighted by atomic mass is 35.5. The van der Waals surface area contributed by atoms with Gasteiger partial charge in [0.05, 0.1) is 5.69 Å². The molecule has 3 aromatic heterocycles. The first-order valence-corrected chi connectivity index (χ1v) is 10.3. The van der Waals surface area contributed by atoms with Crippen LogP contribution in [0.25, 0.3) is 20.8 Å². The van der Waals surface area contributed by atoms with Crippen LogP contribution in [0.4, 0.5) is 10.8 Å². The average molecular weight is 446 g/mol. The van der Waals surface area contributed by atoms with Crippen LogP contribution in [-0.2, 0) is 4.79 Å². The lowest BCUT2D eigenvalue weighted by Crippen LogP contribution is -2.16. The molecule has 0 spiro atoms. The van der Waals surface area contributed by atoms with Gasteiger partial charge < -0.3 is 10.4 Å². The summed E-state index contributed by atoms with van der Waals surface area (Å²) in [4.78, 5) is 28.9. The Kier molecular flexibility index (Phi) is 5.38. The molecule has 11 heteroatoms. The van der Waals surface area contributed by atoms with Gasteiger partial charge in [-0.1, -0.05) is 53.3 Å². The number of nitrogens with one attached hydrogen (secondary N) is 2. The lowest BCUT2D eigenvalue weighted by Gasteiger charge is -2.05. The van der Waals surface area contributed by atoms with E-state index in [1.165, 1.54) is 11.3 Å². The molecule has 3 N–H and O–H groups in total. The SMILES string of the molecule is O=C(O)CNc1c(C(=O)Nc2nnc(-c3ccccc3)s2)sc2nc(Cl)ccc12. The van der Waals surface area contributed by atoms with Gasteiger partial charge in [-0.3, -0.25) is 14.9 Å². The number of thiophene rings is 1. The van der Waals surface area contributed by atoms with Crippen molar-refractivity contribution in [2.24, 2.45) is 0 Å². The second kappa shape index (κ2) is 8.11. The number of carbonyl (C=O) groups excluding carboxylic acids is 1. The first kappa shape index (κ1) is 19.2. The Bertz CT molecular complexity index is 1210. The highest BCUT2D eigenvalue weighted by Crippen LogP contribution is 2.36. The Hall–Kier alpha value is -3.08. The molecule has 8 nitrogen and oxygen atoms in total. The van der Waals surface area contributed by atoms with E-state index in [9.17, 15) is 9.59 Å². The molecule has 1 amide bonds. The van der Waals surface area contributed by atoms with Gasteiger partial charge in [0.25, 0.3) is 5.91 Å². The zero-order valence-electron chi connectivity index (χ0n) is 14.5. The monoisotopic (exact) mass is 445 g/mol. The smallest absolute Gasteiger partial charge is 0.322 e. The number of fused-ring (bicyclic) bond motifs is 1. The third-order valence-electron chi connectivity index (χ3n) is 3.81. The number of rotatable bonds is 6. The van der Waals surface area contributed by atoms with Crippen molar-refractivity contribution in [2.45, 2.75) is 0 Å². The third-order valence-corrected chi connectivity index (χ3v) is 6.01. The third kappa shape index (κ3) is 4.19. The van der Waals surface area contributed by atoms with Gasteiger partial charge in [0.2, 0.25) is 5.13 Å². The zero-order chi connectivity index (χ0) is 20.4. The number of halogens is 1. The van der Waals surface area contributed by atoms with Crippen molar-refractivity contribution < 1.29 is 14.7 Å². The van der Waals surface area contributed by atoms with Crippen molar-refractivity contribution in [3.63, 3.8) is 0 Å². The van der Waals surface area contributed by atoms with Crippen LogP contribution in [0.5, 0.6) is 0 Å². The first-order valence-electron chi connectivity index (χ1n) is 8.26. The number of aliphatic carboxylic acids is 1. The molecule has 0 radical (unpaired) electrons. The van der Waals surface area contributed by atoms with E-state index in [2.05, 4.69) is 25.8 Å². The first-order chi connectivity index (χ1) is 14.0. The Morgan fingerprint density at radius 1 is 1.07 bits per heavy atom. The number of benzene rings is 1. The number of aromatic nitrogens is 3. The minimum absolute atomic E-state index is 0.284. The van der Waals surface area contributed by atoms with Crippen LogP contribution < -0.4 is 10.6 Å². The second-order valence-electron chi connectivity index (χ2n) is 5.77. The molecule has 3 heterocycles. The zero-order valence-corrected chi connectivity index (χ0v) is 16.9. The quantitative estimate of drug-likeness (QED) is 0.380. The van der Waals surface area contributed by atoms with Crippen LogP contribution in [0.2, 0.25) is 5.15 Å². The maximum Gasteiger partial charge on any atom is 0.322 e. The Morgan fingerprint density at radius 3 is 2.62 bits per heavy atom. The number of pyridine rings is 1.